The van der Waals surface area contributed by atoms with Crippen LogP contribution >= 0.6 is 7.82 Å². The number of phosphoric ester groups is 1. The van der Waals surface area contributed by atoms with E-state index in [-0.39, 0.29) is 137 Å². The molecule has 84 heavy (non-hydrogen) atoms. The smallest absolute Gasteiger partial charge is 0.394 e. The molecule has 7 unspecified atom stereocenters. The zero-order chi connectivity index (χ0) is 63.0. The number of aliphatic hydroxyl groups is 9. The van der Waals surface area contributed by atoms with Gasteiger partial charge in [-0.1, -0.05) is 20.8 Å². The van der Waals surface area contributed by atoms with Gasteiger partial charge in [-0.15, -0.1) is 0 Å². The topological polar surface area (TPSA) is 477 Å². The molecule has 0 aromatic rings. The van der Waals surface area contributed by atoms with E-state index in [1.807, 2.05) is 0 Å². The first-order chi connectivity index (χ1) is 40.5. The van der Waals surface area contributed by atoms with Crippen LogP contribution in [0, 0.1) is 17.8 Å². The van der Waals surface area contributed by atoms with Gasteiger partial charge >= 0.3 is 7.82 Å². The van der Waals surface area contributed by atoms with Crippen LogP contribution in [0.25, 0.3) is 0 Å². The van der Waals surface area contributed by atoms with Crippen LogP contribution in [0.2, 0.25) is 0 Å². The fourth-order valence-corrected chi connectivity index (χ4v) is 9.22. The van der Waals surface area contributed by atoms with Crippen LogP contribution < -0.4 is 26.6 Å². The van der Waals surface area contributed by atoms with Crippen molar-refractivity contribution >= 4 is 37.4 Å². The molecule has 0 aromatic heterocycles. The van der Waals surface area contributed by atoms with Crippen molar-refractivity contribution in [2.24, 2.45) is 17.8 Å². The molecule has 0 saturated carbocycles. The maximum Gasteiger partial charge on any atom is 0.469 e. The normalized spacial score (nSPS) is 29.6. The minimum absolute atomic E-state index is 0.0447. The van der Waals surface area contributed by atoms with Crippen molar-refractivity contribution in [1.82, 2.24) is 26.6 Å². The zero-order valence-electron chi connectivity index (χ0n) is 49.1. The van der Waals surface area contributed by atoms with Gasteiger partial charge < -0.3 is 125 Å². The highest BCUT2D eigenvalue weighted by Gasteiger charge is 2.45. The van der Waals surface area contributed by atoms with E-state index < -0.39 is 154 Å². The van der Waals surface area contributed by atoms with E-state index in [1.165, 1.54) is 0 Å². The van der Waals surface area contributed by atoms with Gasteiger partial charge in [-0.2, -0.15) is 0 Å². The molecule has 3 aliphatic rings. The second-order valence-corrected chi connectivity index (χ2v) is 22.2. The SMILES string of the molecule is [3H]OP(=O)(O)OCCCNC(=O)CCCC(=O)NC(COCCC(=O)NCCCO[C@@H]1OC(CO)[C@H](O)[C@H](O)C1C)(COCCC(=O)NCCCO[C@@H]1OC(CO)[C@H](O)[C@H](O)C1C)COCCC(=O)NCCCO[C@@H]1OC(CO)[C@H](O)[C@H](O)C1C. The number of carbonyl (C=O) groups is 5. The van der Waals surface area contributed by atoms with Crippen molar-refractivity contribution in [2.75, 3.05) is 112 Å². The molecule has 3 aliphatic heterocycles. The summed E-state index contributed by atoms with van der Waals surface area (Å²) >= 11 is 0. The summed E-state index contributed by atoms with van der Waals surface area (Å²) in [4.78, 5) is 77.7. The van der Waals surface area contributed by atoms with Gasteiger partial charge in [0.15, 0.2) is 18.9 Å². The maximum atomic E-state index is 13.7. The Morgan fingerprint density at radius 2 is 0.774 bits per heavy atom. The fourth-order valence-electron chi connectivity index (χ4n) is 8.86. The number of amides is 5. The minimum atomic E-state index is -4.51. The highest BCUT2D eigenvalue weighted by atomic mass is 31.2. The van der Waals surface area contributed by atoms with Crippen LogP contribution in [0.1, 0.15) is 85.0 Å². The Hall–Kier alpha value is -3.26. The van der Waals surface area contributed by atoms with E-state index in [0.29, 0.717) is 19.3 Å². The average molecular weight is 1240 g/mol. The zero-order valence-corrected chi connectivity index (χ0v) is 49.0. The van der Waals surface area contributed by atoms with E-state index in [0.717, 1.165) is 0 Å². The van der Waals surface area contributed by atoms with Gasteiger partial charge in [-0.25, -0.2) is 4.57 Å². The molecule has 0 bridgehead atoms. The third-order valence-corrected chi connectivity index (χ3v) is 14.5. The number of phosphoric acid groups is 1. The molecule has 16 atom stereocenters. The average Bonchev–Trinajstić information content (AvgIpc) is 3.50. The molecule has 3 heterocycles. The Labute approximate surface area is 489 Å². The standard InChI is InChI=1S/C51H94N5O27P/c1-31-42(65)45(68)34(25-57)81-48(31)77-18-5-14-53-38(61)11-22-74-28-51(56-41(64)10-4-9-37(60)52-17-8-21-80-84(71,72)73,29-75-23-12-39(62)54-15-6-19-78-49-32(2)43(66)46(69)35(26-58)82-49)30-76-24-13-40(63)55-16-7-20-79-50-33(3)44(67)47(70)36(27-59)83-50/h31-36,42-50,57-59,65-70H,4-30H2,1-3H3,(H,52,60)(H,53,61)(H,54,62)(H,55,63)(H,56,64)(H2,71,72,73)/t31?,32?,33?,34?,35?,36?,42-,43-,44-,45+,46+,47+,48-,49-,50-,51?/m1/s1/i/hT. The molecule has 5 amide bonds. The summed E-state index contributed by atoms with van der Waals surface area (Å²) in [6, 6.07) is 0. The van der Waals surface area contributed by atoms with Gasteiger partial charge in [0.1, 0.15) is 42.2 Å². The summed E-state index contributed by atoms with van der Waals surface area (Å²) in [5.74, 6) is -4.04. The van der Waals surface area contributed by atoms with Crippen LogP contribution in [-0.4, -0.2) is 278 Å². The molecule has 32 nitrogen and oxygen atoms in total. The van der Waals surface area contributed by atoms with Crippen molar-refractivity contribution in [3.8, 4) is 0 Å². The highest BCUT2D eigenvalue weighted by Crippen LogP contribution is 2.35. The van der Waals surface area contributed by atoms with Crippen molar-refractivity contribution in [3.63, 3.8) is 0 Å². The van der Waals surface area contributed by atoms with Crippen molar-refractivity contribution < 1.29 is 131 Å². The van der Waals surface area contributed by atoms with Gasteiger partial charge in [-0.05, 0) is 32.1 Å². The summed E-state index contributed by atoms with van der Waals surface area (Å²) in [6.45, 7) is 2.42. The predicted octanol–water partition coefficient (Wildman–Crippen LogP) is -5.36. The predicted molar refractivity (Wildman–Crippen MR) is 288 cm³/mol. The number of hydrogen-bond donors (Lipinski definition) is 16. The first kappa shape index (κ1) is 73.2. The summed E-state index contributed by atoms with van der Waals surface area (Å²) in [5, 5.41) is 103. The largest absolute Gasteiger partial charge is 0.469 e. The van der Waals surface area contributed by atoms with Crippen LogP contribution in [0.4, 0.5) is 0 Å². The number of ether oxygens (including phenoxy) is 9. The van der Waals surface area contributed by atoms with E-state index in [1.54, 1.807) is 20.8 Å². The lowest BCUT2D eigenvalue weighted by atomic mass is 9.92. The molecule has 33 heteroatoms. The molecule has 0 aromatic carbocycles. The minimum Gasteiger partial charge on any atom is -0.394 e. The molecule has 0 radical (unpaired) electrons. The first-order valence-electron chi connectivity index (χ1n) is 28.9. The summed E-state index contributed by atoms with van der Waals surface area (Å²) in [6.07, 6.45) is -12.8. The molecular formula is C51H94N5O27P. The van der Waals surface area contributed by atoms with Gasteiger partial charge in [0.05, 0.1) is 104 Å². The molecule has 490 valence electrons. The third kappa shape index (κ3) is 27.8. The lowest BCUT2D eigenvalue weighted by Gasteiger charge is -2.40. The summed E-state index contributed by atoms with van der Waals surface area (Å²) in [5.41, 5.74) is -1.52. The van der Waals surface area contributed by atoms with Gasteiger partial charge in [0.2, 0.25) is 31.0 Å². The van der Waals surface area contributed by atoms with Crippen molar-refractivity contribution in [1.29, 1.82) is 1.43 Å². The quantitative estimate of drug-likeness (QED) is 0.0200. The summed E-state index contributed by atoms with van der Waals surface area (Å²) in [7, 11) is -4.51. The highest BCUT2D eigenvalue weighted by molar-refractivity contribution is 7.46. The lowest BCUT2D eigenvalue weighted by molar-refractivity contribution is -0.282. The number of nitrogens with one attached hydrogen (secondary N) is 5. The lowest BCUT2D eigenvalue weighted by Crippen LogP contribution is -2.58. The van der Waals surface area contributed by atoms with E-state index in [4.69, 9.17) is 44.1 Å². The molecule has 0 aliphatic carbocycles. The Morgan fingerprint density at radius 3 is 1.10 bits per heavy atom. The van der Waals surface area contributed by atoms with Crippen molar-refractivity contribution in [2.45, 2.75) is 164 Å². The molecule has 16 N–H and O–H groups in total. The van der Waals surface area contributed by atoms with Crippen LogP contribution in [0.5, 0.6) is 0 Å². The Kier molecular flexibility index (Phi) is 35.1. The van der Waals surface area contributed by atoms with Gasteiger partial charge in [0.25, 0.3) is 0 Å². The second kappa shape index (κ2) is 40.3. The van der Waals surface area contributed by atoms with E-state index in [2.05, 4.69) is 36.0 Å². The third-order valence-electron chi connectivity index (χ3n) is 14.0. The Balaban J connectivity index is 1.62. The van der Waals surface area contributed by atoms with Crippen LogP contribution in [-0.2, 0) is 75.7 Å². The van der Waals surface area contributed by atoms with E-state index in [9.17, 15) is 79.4 Å². The maximum absolute atomic E-state index is 13.7. The van der Waals surface area contributed by atoms with Crippen molar-refractivity contribution in [3.05, 3.63) is 0 Å². The van der Waals surface area contributed by atoms with E-state index >= 15 is 0 Å². The van der Waals surface area contributed by atoms with Gasteiger partial charge in [-0.3, -0.25) is 28.5 Å². The van der Waals surface area contributed by atoms with Gasteiger partial charge in [0, 0.05) is 76.0 Å². The fraction of sp³-hybridized carbons (Fsp3) is 0.902. The number of rotatable bonds is 44. The second-order valence-electron chi connectivity index (χ2n) is 21.0. The number of carbonyl (C=O) groups excluding carboxylic acids is 5. The molecule has 3 rings (SSSR count). The van der Waals surface area contributed by atoms with Crippen LogP contribution in [0.15, 0.2) is 0 Å². The molecule has 0 spiro atoms. The number of aliphatic hydroxyl groups excluding tert-OH is 9. The summed E-state index contributed by atoms with van der Waals surface area (Å²) < 4.78 is 74.2. The Bertz CT molecular complexity index is 1820. The molecule has 3 fully saturated rings. The Morgan fingerprint density at radius 1 is 0.464 bits per heavy atom. The molecule has 3 saturated heterocycles. The first-order valence-corrected chi connectivity index (χ1v) is 30.0. The van der Waals surface area contributed by atoms with Crippen LogP contribution in [0.3, 0.4) is 0 Å². The monoisotopic (exact) mass is 1240 g/mol. The number of hydrogen-bond acceptors (Lipinski definition) is 26. The molecular weight excluding hydrogens is 1150 g/mol.